The third-order valence-electron chi connectivity index (χ3n) is 7.12. The Kier molecular flexibility index (Phi) is 9.40. The van der Waals surface area contributed by atoms with E-state index in [0.717, 1.165) is 52.4 Å². The molecule has 1 unspecified atom stereocenters. The fourth-order valence-corrected chi connectivity index (χ4v) is 5.30. The van der Waals surface area contributed by atoms with E-state index in [1.807, 2.05) is 86.6 Å². The molecule has 5 nitrogen and oxygen atoms in total. The molecular formula is C31H35BrN2O3. The minimum atomic E-state index is -0.656. The molecule has 194 valence electrons. The zero-order valence-electron chi connectivity index (χ0n) is 21.6. The SMILES string of the molecule is Cc1cccc(OCC(=O)N(Cc2cccc(Br)c2)C(Cc2ccccc2)C(=O)NC2CCCC2)c1C. The van der Waals surface area contributed by atoms with Gasteiger partial charge in [0.15, 0.2) is 6.61 Å². The lowest BCUT2D eigenvalue weighted by Crippen LogP contribution is -2.53. The first-order valence-corrected chi connectivity index (χ1v) is 13.8. The molecule has 0 aliphatic heterocycles. The summed E-state index contributed by atoms with van der Waals surface area (Å²) in [5.74, 6) is 0.361. The number of carbonyl (C=O) groups excluding carboxylic acids is 2. The summed E-state index contributed by atoms with van der Waals surface area (Å²) in [4.78, 5) is 29.2. The van der Waals surface area contributed by atoms with E-state index < -0.39 is 6.04 Å². The zero-order chi connectivity index (χ0) is 26.2. The second-order valence-corrected chi connectivity index (χ2v) is 10.7. The first-order valence-electron chi connectivity index (χ1n) is 13.0. The molecule has 1 atom stereocenters. The minimum absolute atomic E-state index is 0.106. The van der Waals surface area contributed by atoms with Crippen LogP contribution in [-0.4, -0.2) is 35.4 Å². The summed E-state index contributed by atoms with van der Waals surface area (Å²) < 4.78 is 6.93. The van der Waals surface area contributed by atoms with Gasteiger partial charge in [-0.2, -0.15) is 0 Å². The zero-order valence-corrected chi connectivity index (χ0v) is 23.2. The van der Waals surface area contributed by atoms with Crippen LogP contribution in [0, 0.1) is 13.8 Å². The predicted octanol–water partition coefficient (Wildman–Crippen LogP) is 6.14. The van der Waals surface area contributed by atoms with E-state index in [9.17, 15) is 9.59 Å². The molecule has 0 bridgehead atoms. The van der Waals surface area contributed by atoms with Crippen molar-refractivity contribution in [3.05, 3.63) is 99.5 Å². The molecule has 0 spiro atoms. The van der Waals surface area contributed by atoms with Crippen LogP contribution >= 0.6 is 15.9 Å². The van der Waals surface area contributed by atoms with E-state index >= 15 is 0 Å². The first kappa shape index (κ1) is 26.9. The highest BCUT2D eigenvalue weighted by molar-refractivity contribution is 9.10. The van der Waals surface area contributed by atoms with Crippen LogP contribution in [0.2, 0.25) is 0 Å². The molecule has 6 heteroatoms. The number of amides is 2. The highest BCUT2D eigenvalue weighted by Gasteiger charge is 2.32. The normalized spacial score (nSPS) is 14.2. The number of hydrogen-bond donors (Lipinski definition) is 1. The minimum Gasteiger partial charge on any atom is -0.483 e. The highest BCUT2D eigenvalue weighted by Crippen LogP contribution is 2.23. The van der Waals surface area contributed by atoms with Crippen LogP contribution in [0.3, 0.4) is 0 Å². The molecule has 1 N–H and O–H groups in total. The van der Waals surface area contributed by atoms with Gasteiger partial charge in [0.25, 0.3) is 5.91 Å². The van der Waals surface area contributed by atoms with E-state index in [2.05, 4.69) is 21.2 Å². The van der Waals surface area contributed by atoms with Crippen molar-refractivity contribution in [3.63, 3.8) is 0 Å². The van der Waals surface area contributed by atoms with Crippen molar-refractivity contribution in [1.82, 2.24) is 10.2 Å². The van der Waals surface area contributed by atoms with E-state index in [4.69, 9.17) is 4.74 Å². The molecule has 0 aromatic heterocycles. The van der Waals surface area contributed by atoms with Gasteiger partial charge in [-0.05, 0) is 67.1 Å². The summed E-state index contributed by atoms with van der Waals surface area (Å²) in [5.41, 5.74) is 4.07. The number of halogens is 1. The molecule has 0 saturated heterocycles. The summed E-state index contributed by atoms with van der Waals surface area (Å²) in [6.45, 7) is 4.18. The van der Waals surface area contributed by atoms with Crippen LogP contribution < -0.4 is 10.1 Å². The summed E-state index contributed by atoms with van der Waals surface area (Å²) in [6.07, 6.45) is 4.65. The molecule has 0 heterocycles. The Balaban J connectivity index is 1.62. The fourth-order valence-electron chi connectivity index (χ4n) is 4.86. The van der Waals surface area contributed by atoms with Crippen molar-refractivity contribution < 1.29 is 14.3 Å². The molecule has 3 aromatic rings. The van der Waals surface area contributed by atoms with Crippen LogP contribution in [-0.2, 0) is 22.6 Å². The molecule has 1 aliphatic rings. The van der Waals surface area contributed by atoms with Gasteiger partial charge in [-0.15, -0.1) is 0 Å². The van der Waals surface area contributed by atoms with Crippen LogP contribution in [0.4, 0.5) is 0 Å². The Morgan fingerprint density at radius 1 is 0.973 bits per heavy atom. The number of ether oxygens (including phenoxy) is 1. The number of rotatable bonds is 10. The lowest BCUT2D eigenvalue weighted by molar-refractivity contribution is -0.143. The van der Waals surface area contributed by atoms with Crippen molar-refractivity contribution in [3.8, 4) is 5.75 Å². The molecular weight excluding hydrogens is 528 g/mol. The van der Waals surface area contributed by atoms with Crippen molar-refractivity contribution >= 4 is 27.7 Å². The number of hydrogen-bond acceptors (Lipinski definition) is 3. The maximum Gasteiger partial charge on any atom is 0.261 e. The van der Waals surface area contributed by atoms with Crippen LogP contribution in [0.15, 0.2) is 77.3 Å². The highest BCUT2D eigenvalue weighted by atomic mass is 79.9. The predicted molar refractivity (Wildman–Crippen MR) is 150 cm³/mol. The summed E-state index contributed by atoms with van der Waals surface area (Å²) >= 11 is 3.54. The number of nitrogens with zero attached hydrogens (tertiary/aromatic N) is 1. The second kappa shape index (κ2) is 12.9. The van der Waals surface area contributed by atoms with E-state index in [1.54, 1.807) is 4.90 Å². The molecule has 1 fully saturated rings. The van der Waals surface area contributed by atoms with Crippen molar-refractivity contribution in [2.24, 2.45) is 0 Å². The maximum atomic E-state index is 13.8. The van der Waals surface area contributed by atoms with E-state index in [-0.39, 0.29) is 24.5 Å². The third-order valence-corrected chi connectivity index (χ3v) is 7.61. The average molecular weight is 564 g/mol. The lowest BCUT2D eigenvalue weighted by Gasteiger charge is -2.32. The van der Waals surface area contributed by atoms with Gasteiger partial charge in [-0.3, -0.25) is 9.59 Å². The standard InChI is InChI=1S/C31H35BrN2O3/c1-22-10-8-17-29(23(22)2)37-21-30(35)34(20-25-13-9-14-26(32)18-25)28(19-24-11-4-3-5-12-24)31(36)33-27-15-6-7-16-27/h3-5,8-14,17-18,27-28H,6-7,15-16,19-21H2,1-2H3,(H,33,36). The quantitative estimate of drug-likeness (QED) is 0.322. The monoisotopic (exact) mass is 562 g/mol. The van der Waals surface area contributed by atoms with Gasteiger partial charge < -0.3 is 15.0 Å². The molecule has 1 saturated carbocycles. The third kappa shape index (κ3) is 7.45. The van der Waals surface area contributed by atoms with Gasteiger partial charge >= 0.3 is 0 Å². The summed E-state index contributed by atoms with van der Waals surface area (Å²) in [5, 5.41) is 3.24. The second-order valence-electron chi connectivity index (χ2n) is 9.83. The first-order chi connectivity index (χ1) is 17.9. The number of carbonyl (C=O) groups is 2. The Bertz CT molecular complexity index is 1210. The molecule has 2 amide bonds. The Morgan fingerprint density at radius 2 is 1.68 bits per heavy atom. The number of aryl methyl sites for hydroxylation is 1. The molecule has 4 rings (SSSR count). The Morgan fingerprint density at radius 3 is 2.41 bits per heavy atom. The van der Waals surface area contributed by atoms with Gasteiger partial charge in [0.1, 0.15) is 11.8 Å². The Hall–Kier alpha value is -3.12. The van der Waals surface area contributed by atoms with Gasteiger partial charge in [0.05, 0.1) is 0 Å². The summed E-state index contributed by atoms with van der Waals surface area (Å²) in [6, 6.07) is 23.1. The van der Waals surface area contributed by atoms with Crippen molar-refractivity contribution in [1.29, 1.82) is 0 Å². The fraction of sp³-hybridized carbons (Fsp3) is 0.355. The van der Waals surface area contributed by atoms with Crippen LogP contribution in [0.1, 0.15) is 47.9 Å². The smallest absolute Gasteiger partial charge is 0.261 e. The topological polar surface area (TPSA) is 58.6 Å². The Labute approximate surface area is 228 Å². The maximum absolute atomic E-state index is 13.8. The average Bonchev–Trinajstić information content (AvgIpc) is 3.40. The van der Waals surface area contributed by atoms with Crippen molar-refractivity contribution in [2.75, 3.05) is 6.61 Å². The van der Waals surface area contributed by atoms with Gasteiger partial charge in [0.2, 0.25) is 5.91 Å². The largest absolute Gasteiger partial charge is 0.483 e. The molecule has 1 aliphatic carbocycles. The molecule has 0 radical (unpaired) electrons. The van der Waals surface area contributed by atoms with E-state index in [0.29, 0.717) is 18.7 Å². The summed E-state index contributed by atoms with van der Waals surface area (Å²) in [7, 11) is 0. The molecule has 37 heavy (non-hydrogen) atoms. The molecule has 3 aromatic carbocycles. The van der Waals surface area contributed by atoms with Crippen LogP contribution in [0.5, 0.6) is 5.75 Å². The lowest BCUT2D eigenvalue weighted by atomic mass is 10.0. The van der Waals surface area contributed by atoms with Gasteiger partial charge in [-0.25, -0.2) is 0 Å². The van der Waals surface area contributed by atoms with Gasteiger partial charge in [-0.1, -0.05) is 83.4 Å². The van der Waals surface area contributed by atoms with Crippen molar-refractivity contribution in [2.45, 2.75) is 64.6 Å². The van der Waals surface area contributed by atoms with Gasteiger partial charge in [0, 0.05) is 23.5 Å². The van der Waals surface area contributed by atoms with E-state index in [1.165, 1.54) is 0 Å². The van der Waals surface area contributed by atoms with Crippen LogP contribution in [0.25, 0.3) is 0 Å². The number of nitrogens with one attached hydrogen (secondary N) is 1. The number of benzene rings is 3.